The summed E-state index contributed by atoms with van der Waals surface area (Å²) in [5.74, 6) is -0.283. The highest BCUT2D eigenvalue weighted by Gasteiger charge is 2.54. The Bertz CT molecular complexity index is 2090. The molecule has 3 aliphatic rings. The second-order valence-electron chi connectivity index (χ2n) is 28.5. The molecule has 12 N–H and O–H groups in total. The van der Waals surface area contributed by atoms with Gasteiger partial charge in [0.15, 0.2) is 18.9 Å². The summed E-state index contributed by atoms with van der Waals surface area (Å²) in [5.41, 5.74) is 0. The van der Waals surface area contributed by atoms with Crippen LogP contribution in [0.2, 0.25) is 0 Å². The van der Waals surface area contributed by atoms with Gasteiger partial charge in [0.1, 0.15) is 73.2 Å². The lowest BCUT2D eigenvalue weighted by Gasteiger charge is -2.48. The Morgan fingerprint density at radius 2 is 0.700 bits per heavy atom. The minimum absolute atomic E-state index is 0.235. The van der Waals surface area contributed by atoms with E-state index in [-0.39, 0.29) is 18.9 Å². The van der Waals surface area contributed by atoms with Gasteiger partial charge in [0.05, 0.1) is 38.6 Å². The van der Waals surface area contributed by atoms with Crippen molar-refractivity contribution in [2.45, 2.75) is 407 Å². The third-order valence-electron chi connectivity index (χ3n) is 19.7. The molecule has 3 rings (SSSR count). The fourth-order valence-corrected chi connectivity index (χ4v) is 13.3. The topological polar surface area (TPSA) is 307 Å². The number of carbonyl (C=O) groups excluding carboxylic acids is 1. The minimum Gasteiger partial charge on any atom is -0.394 e. The van der Waals surface area contributed by atoms with Crippen LogP contribution in [0.15, 0.2) is 72.9 Å². The fourth-order valence-electron chi connectivity index (χ4n) is 13.3. The molecule has 1 amide bonds. The summed E-state index contributed by atoms with van der Waals surface area (Å²) < 4.78 is 34.4. The van der Waals surface area contributed by atoms with E-state index < -0.39 is 124 Å². The van der Waals surface area contributed by atoms with Gasteiger partial charge in [-0.25, -0.2) is 0 Å². The summed E-state index contributed by atoms with van der Waals surface area (Å²) in [6, 6.07) is -0.993. The second-order valence-corrected chi connectivity index (χ2v) is 28.5. The molecule has 0 saturated carbocycles. The summed E-state index contributed by atoms with van der Waals surface area (Å²) >= 11 is 0. The summed E-state index contributed by atoms with van der Waals surface area (Å²) in [6.45, 7) is 1.64. The molecule has 0 aromatic heterocycles. The number of aliphatic hydroxyl groups is 11. The summed E-state index contributed by atoms with van der Waals surface area (Å²) in [7, 11) is 0. The highest BCUT2D eigenvalue weighted by Crippen LogP contribution is 2.33. The van der Waals surface area contributed by atoms with Crippen LogP contribution in [0.3, 0.4) is 0 Å². The summed E-state index contributed by atoms with van der Waals surface area (Å²) in [4.78, 5) is 13.5. The lowest BCUT2D eigenvalue weighted by atomic mass is 9.96. The number of aliphatic hydroxyl groups excluding tert-OH is 11. The SMILES string of the molecule is CC/C=C\C/C=C\C/C=C\C/C=C\CCCCCCCCCCCCCCCCCCCCC(=O)NC(COC1OC(CO)C(OC2OC(CO)C(OC3OC(CO)C(O)C(O)C3O)C(O)C2O)C(O)C1O)C(O)/C=C/CC/C=C/CCCCCCCCCCCCCCCCCCCC. The Labute approximate surface area is 604 Å². The molecule has 0 aromatic carbocycles. The standard InChI is InChI=1S/C81H145NO18/c1-3-5-7-9-11-13-15-17-19-21-23-25-27-29-30-31-32-33-34-35-37-39-41-43-45-47-49-51-53-55-57-59-69(87)82-64(65(86)58-56-54-52-50-48-46-44-42-40-38-36-28-26-24-22-20-18-16-14-12-10-8-6-4-2)63-95-79-75(93)72(90)77(67(61-84)97-79)100-81-76(94)73(91)78(68(62-85)98-81)99-80-74(92)71(89)70(88)66(60-83)96-80/h5,7,11,13,17,19,23,25,48,50,56,58,64-68,70-81,83-86,88-94H,3-4,6,8-10,12,14-16,18,20-22,24,26-47,49,51-55,57,59-63H2,1-2H3,(H,82,87)/b7-5-,13-11-,19-17-,25-23-,50-48+,58-56+. The smallest absolute Gasteiger partial charge is 0.220 e. The third kappa shape index (κ3) is 41.2. The van der Waals surface area contributed by atoms with Crippen molar-refractivity contribution in [1.82, 2.24) is 5.32 Å². The van der Waals surface area contributed by atoms with Crippen molar-refractivity contribution >= 4 is 5.91 Å². The maximum absolute atomic E-state index is 13.5. The highest BCUT2D eigenvalue weighted by molar-refractivity contribution is 5.76. The number of rotatable bonds is 63. The Balaban J connectivity index is 1.38. The monoisotopic (exact) mass is 1420 g/mol. The van der Waals surface area contributed by atoms with Crippen LogP contribution in [0.5, 0.6) is 0 Å². The predicted octanol–water partition coefficient (Wildman–Crippen LogP) is 13.2. The van der Waals surface area contributed by atoms with Crippen LogP contribution in [-0.4, -0.2) is 193 Å². The number of carbonyl (C=O) groups is 1. The lowest BCUT2D eigenvalue weighted by Crippen LogP contribution is -2.66. The maximum Gasteiger partial charge on any atom is 0.220 e. The molecule has 0 bridgehead atoms. The first-order valence-electron chi connectivity index (χ1n) is 40.2. The average molecular weight is 1420 g/mol. The first kappa shape index (κ1) is 91.4. The molecular formula is C81H145NO18. The number of hydrogen-bond acceptors (Lipinski definition) is 18. The van der Waals surface area contributed by atoms with E-state index >= 15 is 0 Å². The van der Waals surface area contributed by atoms with Gasteiger partial charge < -0.3 is 89.9 Å². The number of ether oxygens (including phenoxy) is 6. The van der Waals surface area contributed by atoms with E-state index in [1.807, 2.05) is 6.08 Å². The Hall–Kier alpha value is -2.77. The van der Waals surface area contributed by atoms with E-state index in [1.165, 1.54) is 205 Å². The maximum atomic E-state index is 13.5. The molecule has 3 aliphatic heterocycles. The van der Waals surface area contributed by atoms with Gasteiger partial charge in [-0.1, -0.05) is 299 Å². The molecular weight excluding hydrogens is 1270 g/mol. The minimum atomic E-state index is -1.98. The predicted molar refractivity (Wildman–Crippen MR) is 397 cm³/mol. The lowest BCUT2D eigenvalue weighted by molar-refractivity contribution is -0.379. The van der Waals surface area contributed by atoms with Gasteiger partial charge in [-0.3, -0.25) is 4.79 Å². The number of allylic oxidation sites excluding steroid dienone is 11. The van der Waals surface area contributed by atoms with Crippen LogP contribution in [0.25, 0.3) is 0 Å². The Morgan fingerprint density at radius 1 is 0.370 bits per heavy atom. The molecule has 19 nitrogen and oxygen atoms in total. The molecule has 0 aromatic rings. The molecule has 100 heavy (non-hydrogen) atoms. The second kappa shape index (κ2) is 61.4. The summed E-state index contributed by atoms with van der Waals surface area (Å²) in [6.07, 6.45) is 53.2. The zero-order valence-corrected chi connectivity index (χ0v) is 62.2. The van der Waals surface area contributed by atoms with Crippen molar-refractivity contribution in [3.8, 4) is 0 Å². The number of nitrogens with one attached hydrogen (secondary N) is 1. The van der Waals surface area contributed by atoms with Crippen LogP contribution in [0.4, 0.5) is 0 Å². The molecule has 0 aliphatic carbocycles. The van der Waals surface area contributed by atoms with E-state index in [4.69, 9.17) is 28.4 Å². The fraction of sp³-hybridized carbons (Fsp3) is 0.840. The first-order chi connectivity index (χ1) is 48.8. The van der Waals surface area contributed by atoms with Crippen LogP contribution in [0.1, 0.15) is 303 Å². The van der Waals surface area contributed by atoms with Crippen LogP contribution >= 0.6 is 0 Å². The van der Waals surface area contributed by atoms with Crippen LogP contribution in [0, 0.1) is 0 Å². The largest absolute Gasteiger partial charge is 0.394 e. The van der Waals surface area contributed by atoms with Crippen molar-refractivity contribution in [3.63, 3.8) is 0 Å². The molecule has 582 valence electrons. The zero-order chi connectivity index (χ0) is 72.5. The van der Waals surface area contributed by atoms with Crippen molar-refractivity contribution in [2.24, 2.45) is 0 Å². The quantitative estimate of drug-likeness (QED) is 0.0199. The van der Waals surface area contributed by atoms with Gasteiger partial charge in [0, 0.05) is 6.42 Å². The molecule has 3 saturated heterocycles. The van der Waals surface area contributed by atoms with Gasteiger partial charge in [-0.15, -0.1) is 0 Å². The molecule has 3 fully saturated rings. The molecule has 0 radical (unpaired) electrons. The van der Waals surface area contributed by atoms with Gasteiger partial charge in [-0.05, 0) is 70.6 Å². The molecule has 17 unspecified atom stereocenters. The van der Waals surface area contributed by atoms with E-state index in [0.717, 1.165) is 64.2 Å². The number of amides is 1. The first-order valence-corrected chi connectivity index (χ1v) is 40.2. The van der Waals surface area contributed by atoms with Crippen LogP contribution in [-0.2, 0) is 33.2 Å². The third-order valence-corrected chi connectivity index (χ3v) is 19.7. The Kier molecular flexibility index (Phi) is 56.1. The van der Waals surface area contributed by atoms with E-state index in [9.17, 15) is 61.0 Å². The van der Waals surface area contributed by atoms with E-state index in [2.05, 4.69) is 79.9 Å². The average Bonchev–Trinajstić information content (AvgIpc) is 0.783. The number of unbranched alkanes of at least 4 members (excludes halogenated alkanes) is 37. The van der Waals surface area contributed by atoms with Gasteiger partial charge >= 0.3 is 0 Å². The van der Waals surface area contributed by atoms with Crippen molar-refractivity contribution in [1.29, 1.82) is 0 Å². The normalized spacial score (nSPS) is 26.8. The van der Waals surface area contributed by atoms with Crippen LogP contribution < -0.4 is 5.32 Å². The molecule has 17 atom stereocenters. The Morgan fingerprint density at radius 3 is 1.12 bits per heavy atom. The van der Waals surface area contributed by atoms with Gasteiger partial charge in [0.2, 0.25) is 5.91 Å². The highest BCUT2D eigenvalue weighted by atomic mass is 16.8. The van der Waals surface area contributed by atoms with Gasteiger partial charge in [0.25, 0.3) is 0 Å². The molecule has 3 heterocycles. The van der Waals surface area contributed by atoms with Crippen molar-refractivity contribution < 1.29 is 89.4 Å². The van der Waals surface area contributed by atoms with Gasteiger partial charge in [-0.2, -0.15) is 0 Å². The zero-order valence-electron chi connectivity index (χ0n) is 62.2. The number of hydrogen-bond donors (Lipinski definition) is 12. The molecule has 0 spiro atoms. The van der Waals surface area contributed by atoms with E-state index in [0.29, 0.717) is 12.8 Å². The molecule has 19 heteroatoms. The van der Waals surface area contributed by atoms with E-state index in [1.54, 1.807) is 6.08 Å². The summed E-state index contributed by atoms with van der Waals surface area (Å²) in [5, 5.41) is 121. The van der Waals surface area contributed by atoms with Crippen molar-refractivity contribution in [3.05, 3.63) is 72.9 Å². The van der Waals surface area contributed by atoms with Crippen molar-refractivity contribution in [2.75, 3.05) is 26.4 Å².